The van der Waals surface area contributed by atoms with E-state index in [4.69, 9.17) is 9.97 Å². The molecular weight excluding hydrogens is 480 g/mol. The number of Topliss-reactive ketones (excluding diaryl/α,β-unsaturated/α-hetero) is 2. The number of rotatable bonds is 6. The molecule has 0 aliphatic heterocycles. The Morgan fingerprint density at radius 1 is 0.513 bits per heavy atom. The van der Waals surface area contributed by atoms with Gasteiger partial charge in [0.05, 0.1) is 22.8 Å². The number of ketones is 2. The zero-order valence-electron chi connectivity index (χ0n) is 21.8. The summed E-state index contributed by atoms with van der Waals surface area (Å²) in [5.41, 5.74) is 2.34. The first-order chi connectivity index (χ1) is 19.0. The van der Waals surface area contributed by atoms with Gasteiger partial charge in [-0.2, -0.15) is 0 Å². The maximum Gasteiger partial charge on any atom is 0.170 e. The molecule has 0 spiro atoms. The van der Waals surface area contributed by atoms with Crippen LogP contribution < -0.4 is 0 Å². The van der Waals surface area contributed by atoms with Gasteiger partial charge >= 0.3 is 0 Å². The number of hydrogen-bond acceptors (Lipinski definition) is 4. The fraction of sp³-hybridized carbons (Fsp3) is 0.0857. The van der Waals surface area contributed by atoms with Crippen LogP contribution in [0.25, 0.3) is 44.1 Å². The molecule has 2 aromatic heterocycles. The Hall–Kier alpha value is -4.96. The average molecular weight is 507 g/mol. The van der Waals surface area contributed by atoms with Crippen LogP contribution in [0.1, 0.15) is 25.2 Å². The van der Waals surface area contributed by atoms with Crippen LogP contribution in [0.5, 0.6) is 0 Å². The van der Waals surface area contributed by atoms with E-state index in [1.54, 1.807) is 0 Å². The van der Waals surface area contributed by atoms with E-state index >= 15 is 0 Å². The van der Waals surface area contributed by atoms with Gasteiger partial charge in [0.25, 0.3) is 0 Å². The van der Waals surface area contributed by atoms with E-state index in [0.717, 1.165) is 44.1 Å². The van der Waals surface area contributed by atoms with Crippen molar-refractivity contribution in [2.24, 2.45) is 0 Å². The lowest BCUT2D eigenvalue weighted by molar-refractivity contribution is -0.131. The van der Waals surface area contributed by atoms with E-state index in [1.165, 1.54) is 13.8 Å². The van der Waals surface area contributed by atoms with Crippen LogP contribution in [0, 0.1) is 0 Å². The minimum Gasteiger partial charge on any atom is -0.298 e. The van der Waals surface area contributed by atoms with E-state index in [2.05, 4.69) is 0 Å². The van der Waals surface area contributed by atoms with Crippen molar-refractivity contribution in [2.75, 3.05) is 0 Å². The average Bonchev–Trinajstić information content (AvgIpc) is 2.97. The van der Waals surface area contributed by atoms with Gasteiger partial charge in [-0.25, -0.2) is 0 Å². The van der Waals surface area contributed by atoms with Gasteiger partial charge in [-0.3, -0.25) is 19.6 Å². The molecule has 0 atom stereocenters. The first-order valence-corrected chi connectivity index (χ1v) is 12.9. The van der Waals surface area contributed by atoms with Gasteiger partial charge < -0.3 is 0 Å². The number of benzene rings is 4. The lowest BCUT2D eigenvalue weighted by Crippen LogP contribution is -2.44. The number of carbonyl (C=O) groups is 2. The minimum atomic E-state index is -1.68. The molecule has 0 bridgehead atoms. The van der Waals surface area contributed by atoms with Crippen molar-refractivity contribution in [1.29, 1.82) is 0 Å². The predicted molar refractivity (Wildman–Crippen MR) is 156 cm³/mol. The summed E-state index contributed by atoms with van der Waals surface area (Å²) in [5, 5.41) is 3.70. The van der Waals surface area contributed by atoms with E-state index < -0.39 is 5.41 Å². The molecule has 6 aromatic rings. The lowest BCUT2D eigenvalue weighted by atomic mass is 9.72. The summed E-state index contributed by atoms with van der Waals surface area (Å²) in [6, 6.07) is 39.3. The first-order valence-electron chi connectivity index (χ1n) is 12.9. The van der Waals surface area contributed by atoms with E-state index in [0.29, 0.717) is 11.4 Å². The highest BCUT2D eigenvalue weighted by atomic mass is 16.2. The van der Waals surface area contributed by atoms with Crippen molar-refractivity contribution < 1.29 is 9.59 Å². The van der Waals surface area contributed by atoms with Crippen LogP contribution in [-0.4, -0.2) is 21.5 Å². The molecule has 0 radical (unpaired) electrons. The number of hydrogen-bond donors (Lipinski definition) is 0. The van der Waals surface area contributed by atoms with E-state index in [9.17, 15) is 9.59 Å². The Balaban J connectivity index is 1.72. The highest BCUT2D eigenvalue weighted by Crippen LogP contribution is 2.39. The second-order valence-electron chi connectivity index (χ2n) is 9.75. The van der Waals surface area contributed by atoms with Crippen molar-refractivity contribution in [3.05, 3.63) is 133 Å². The summed E-state index contributed by atoms with van der Waals surface area (Å²) >= 11 is 0. The Morgan fingerprint density at radius 3 is 1.26 bits per heavy atom. The Bertz CT molecular complexity index is 1720. The normalized spacial score (nSPS) is 11.5. The molecule has 4 heteroatoms. The van der Waals surface area contributed by atoms with Gasteiger partial charge in [0, 0.05) is 21.9 Å². The summed E-state index contributed by atoms with van der Waals surface area (Å²) in [5.74, 6) is -0.642. The Kier molecular flexibility index (Phi) is 6.08. The quantitative estimate of drug-likeness (QED) is 0.219. The zero-order chi connectivity index (χ0) is 27.0. The van der Waals surface area contributed by atoms with Crippen LogP contribution in [0.15, 0.2) is 121 Å². The molecule has 0 amide bonds. The van der Waals surface area contributed by atoms with Crippen LogP contribution in [0.2, 0.25) is 0 Å². The summed E-state index contributed by atoms with van der Waals surface area (Å²) < 4.78 is 0. The molecule has 0 saturated heterocycles. The molecular formula is C35H26N2O2. The molecule has 4 aromatic carbocycles. The van der Waals surface area contributed by atoms with Crippen molar-refractivity contribution in [3.8, 4) is 22.5 Å². The molecule has 0 aliphatic rings. The van der Waals surface area contributed by atoms with Crippen molar-refractivity contribution in [3.63, 3.8) is 0 Å². The molecule has 2 heterocycles. The number of nitrogens with zero attached hydrogens (tertiary/aromatic N) is 2. The number of carbonyl (C=O) groups excluding carboxylic acids is 2. The fourth-order valence-electron chi connectivity index (χ4n) is 5.51. The molecule has 0 saturated carbocycles. The minimum absolute atomic E-state index is 0.321. The third kappa shape index (κ3) is 4.02. The highest BCUT2D eigenvalue weighted by molar-refractivity contribution is 6.15. The van der Waals surface area contributed by atoms with Crippen molar-refractivity contribution in [2.45, 2.75) is 19.3 Å². The molecule has 4 nitrogen and oxygen atoms in total. The second kappa shape index (κ2) is 9.73. The first kappa shape index (κ1) is 24.4. The molecule has 188 valence electrons. The molecule has 39 heavy (non-hydrogen) atoms. The Labute approximate surface area is 227 Å². The van der Waals surface area contributed by atoms with Gasteiger partial charge in [-0.15, -0.1) is 0 Å². The molecule has 0 aliphatic carbocycles. The largest absolute Gasteiger partial charge is 0.298 e. The van der Waals surface area contributed by atoms with Gasteiger partial charge in [0.2, 0.25) is 0 Å². The van der Waals surface area contributed by atoms with Gasteiger partial charge in [-0.05, 0) is 36.8 Å². The van der Waals surface area contributed by atoms with Gasteiger partial charge in [0.1, 0.15) is 0 Å². The second-order valence-corrected chi connectivity index (χ2v) is 9.75. The smallest absolute Gasteiger partial charge is 0.170 e. The number of aromatic nitrogens is 2. The summed E-state index contributed by atoms with van der Waals surface area (Å²) in [4.78, 5) is 37.7. The summed E-state index contributed by atoms with van der Waals surface area (Å²) in [7, 11) is 0. The monoisotopic (exact) mass is 506 g/mol. The van der Waals surface area contributed by atoms with E-state index in [1.807, 2.05) is 121 Å². The van der Waals surface area contributed by atoms with Crippen molar-refractivity contribution >= 4 is 33.1 Å². The van der Waals surface area contributed by atoms with Crippen LogP contribution in [0.4, 0.5) is 0 Å². The Morgan fingerprint density at radius 2 is 0.872 bits per heavy atom. The summed E-state index contributed by atoms with van der Waals surface area (Å²) in [6.45, 7) is 2.92. The number of fused-ring (bicyclic) bond motifs is 2. The standard InChI is InChI=1S/C35H26N2O2/c1-23(38)35(24(2)39,31-21-27-17-9-11-19-29(27)33(36-31)25-13-5-3-6-14-25)32-22-28-18-10-12-20-30(28)34(37-32)26-15-7-4-8-16-26/h3-22H,1-2H3. The molecule has 6 rings (SSSR count). The zero-order valence-corrected chi connectivity index (χ0v) is 21.8. The molecule has 0 fully saturated rings. The maximum absolute atomic E-state index is 13.8. The highest BCUT2D eigenvalue weighted by Gasteiger charge is 2.48. The maximum atomic E-state index is 13.8. The molecule has 0 N–H and O–H groups in total. The SMILES string of the molecule is CC(=O)C(C(C)=O)(c1cc2ccccc2c(-c2ccccc2)n1)c1cc2ccccc2c(-c2ccccc2)n1. The topological polar surface area (TPSA) is 59.9 Å². The van der Waals surface area contributed by atoms with Crippen molar-refractivity contribution in [1.82, 2.24) is 9.97 Å². The lowest BCUT2D eigenvalue weighted by Gasteiger charge is -2.29. The van der Waals surface area contributed by atoms with Gasteiger partial charge in [0.15, 0.2) is 17.0 Å². The third-order valence-electron chi connectivity index (χ3n) is 7.40. The van der Waals surface area contributed by atoms with Crippen LogP contribution in [0.3, 0.4) is 0 Å². The predicted octanol–water partition coefficient (Wildman–Crippen LogP) is 7.58. The van der Waals surface area contributed by atoms with Crippen LogP contribution >= 0.6 is 0 Å². The number of pyridine rings is 2. The van der Waals surface area contributed by atoms with E-state index in [-0.39, 0.29) is 11.6 Å². The fourth-order valence-corrected chi connectivity index (χ4v) is 5.51. The third-order valence-corrected chi connectivity index (χ3v) is 7.40. The van der Waals surface area contributed by atoms with Crippen LogP contribution in [-0.2, 0) is 15.0 Å². The summed E-state index contributed by atoms with van der Waals surface area (Å²) in [6.07, 6.45) is 0. The van der Waals surface area contributed by atoms with Gasteiger partial charge in [-0.1, -0.05) is 109 Å². The molecule has 0 unspecified atom stereocenters.